The predicted molar refractivity (Wildman–Crippen MR) is 65.3 cm³/mol. The predicted octanol–water partition coefficient (Wildman–Crippen LogP) is 1.88. The first-order valence-corrected chi connectivity index (χ1v) is 7.36. The van der Waals surface area contributed by atoms with Gasteiger partial charge in [-0.25, -0.2) is 0 Å². The molecule has 1 aliphatic heterocycles. The van der Waals surface area contributed by atoms with E-state index in [1.165, 1.54) is 38.5 Å². The van der Waals surface area contributed by atoms with E-state index in [0.717, 1.165) is 31.3 Å². The first kappa shape index (κ1) is 10.4. The van der Waals surface area contributed by atoms with E-state index in [1.807, 2.05) is 0 Å². The first-order valence-electron chi connectivity index (χ1n) is 7.36. The molecule has 3 nitrogen and oxygen atoms in total. The number of nitrogens with one attached hydrogen (secondary N) is 1. The van der Waals surface area contributed by atoms with Gasteiger partial charge in [-0.3, -0.25) is 10.1 Å². The van der Waals surface area contributed by atoms with Gasteiger partial charge in [0.05, 0.1) is 12.2 Å². The molecule has 3 saturated carbocycles. The second-order valence-corrected chi connectivity index (χ2v) is 6.56. The lowest BCUT2D eigenvalue weighted by atomic mass is 9.96. The molecule has 4 rings (SSSR count). The maximum atomic E-state index is 12.7. The Morgan fingerprint density at radius 2 is 1.71 bits per heavy atom. The largest absolute Gasteiger partial charge is 0.325 e. The fourth-order valence-electron chi connectivity index (χ4n) is 4.04. The standard InChI is InChI=1S/C14H22N2O/c17-13-14(7-1-2-8-14)15-9-16(13)12(10-3-4-10)11-5-6-11/h10-12,15H,1-9H2. The number of carbonyl (C=O) groups is 1. The summed E-state index contributed by atoms with van der Waals surface area (Å²) in [4.78, 5) is 14.9. The molecule has 4 fully saturated rings. The second-order valence-electron chi connectivity index (χ2n) is 6.56. The molecule has 0 aromatic carbocycles. The summed E-state index contributed by atoms with van der Waals surface area (Å²) < 4.78 is 0. The van der Waals surface area contributed by atoms with Crippen molar-refractivity contribution in [2.45, 2.75) is 62.9 Å². The number of amides is 1. The van der Waals surface area contributed by atoms with E-state index in [4.69, 9.17) is 0 Å². The Labute approximate surface area is 103 Å². The van der Waals surface area contributed by atoms with Crippen LogP contribution in [-0.4, -0.2) is 29.1 Å². The molecule has 0 aromatic rings. The van der Waals surface area contributed by atoms with Crippen LogP contribution >= 0.6 is 0 Å². The highest BCUT2D eigenvalue weighted by atomic mass is 16.2. The van der Waals surface area contributed by atoms with E-state index in [0.29, 0.717) is 11.9 Å². The van der Waals surface area contributed by atoms with Crippen LogP contribution in [0.5, 0.6) is 0 Å². The van der Waals surface area contributed by atoms with Crippen LogP contribution in [0.4, 0.5) is 0 Å². The van der Waals surface area contributed by atoms with Crippen molar-refractivity contribution in [1.82, 2.24) is 10.2 Å². The SMILES string of the molecule is O=C1N(C(C2CC2)C2CC2)CNC12CCCC2. The molecule has 1 amide bonds. The molecule has 1 saturated heterocycles. The third kappa shape index (κ3) is 1.55. The summed E-state index contributed by atoms with van der Waals surface area (Å²) in [6.07, 6.45) is 10.0. The topological polar surface area (TPSA) is 32.3 Å². The molecule has 0 unspecified atom stereocenters. The van der Waals surface area contributed by atoms with Crippen LogP contribution in [0.15, 0.2) is 0 Å². The molecule has 1 spiro atoms. The minimum Gasteiger partial charge on any atom is -0.325 e. The van der Waals surface area contributed by atoms with Gasteiger partial charge in [-0.2, -0.15) is 0 Å². The van der Waals surface area contributed by atoms with E-state index >= 15 is 0 Å². The number of hydrogen-bond acceptors (Lipinski definition) is 2. The highest BCUT2D eigenvalue weighted by molar-refractivity contribution is 5.89. The van der Waals surface area contributed by atoms with Gasteiger partial charge in [0, 0.05) is 6.04 Å². The van der Waals surface area contributed by atoms with E-state index in [1.54, 1.807) is 0 Å². The first-order chi connectivity index (χ1) is 8.30. The maximum absolute atomic E-state index is 12.7. The number of carbonyl (C=O) groups excluding carboxylic acids is 1. The van der Waals surface area contributed by atoms with E-state index in [9.17, 15) is 4.79 Å². The third-order valence-corrected chi connectivity index (χ3v) is 5.29. The zero-order chi connectivity index (χ0) is 11.5. The van der Waals surface area contributed by atoms with E-state index < -0.39 is 0 Å². The normalized spacial score (nSPS) is 32.1. The summed E-state index contributed by atoms with van der Waals surface area (Å²) in [6, 6.07) is 0.593. The number of rotatable bonds is 3. The maximum Gasteiger partial charge on any atom is 0.244 e. The van der Waals surface area contributed by atoms with Crippen LogP contribution in [0.2, 0.25) is 0 Å². The fourth-order valence-corrected chi connectivity index (χ4v) is 4.04. The number of nitrogens with zero attached hydrogens (tertiary/aromatic N) is 1. The molecule has 4 aliphatic rings. The summed E-state index contributed by atoms with van der Waals surface area (Å²) in [5.41, 5.74) is -0.137. The molecule has 3 heteroatoms. The van der Waals surface area contributed by atoms with Crippen molar-refractivity contribution in [2.24, 2.45) is 11.8 Å². The summed E-state index contributed by atoms with van der Waals surface area (Å²) in [7, 11) is 0. The van der Waals surface area contributed by atoms with Gasteiger partial charge in [0.25, 0.3) is 0 Å². The highest BCUT2D eigenvalue weighted by Gasteiger charge is 2.54. The molecule has 0 atom stereocenters. The summed E-state index contributed by atoms with van der Waals surface area (Å²) in [5.74, 6) is 2.12. The van der Waals surface area contributed by atoms with Gasteiger partial charge in [0.15, 0.2) is 0 Å². The summed E-state index contributed by atoms with van der Waals surface area (Å²) in [5, 5.41) is 3.55. The van der Waals surface area contributed by atoms with E-state index in [2.05, 4.69) is 10.2 Å². The zero-order valence-corrected chi connectivity index (χ0v) is 10.5. The monoisotopic (exact) mass is 234 g/mol. The van der Waals surface area contributed by atoms with Crippen LogP contribution in [0.25, 0.3) is 0 Å². The van der Waals surface area contributed by atoms with Gasteiger partial charge in [-0.15, -0.1) is 0 Å². The molecule has 1 heterocycles. The molecule has 0 aromatic heterocycles. The average molecular weight is 234 g/mol. The van der Waals surface area contributed by atoms with Gasteiger partial charge in [-0.1, -0.05) is 12.8 Å². The minimum absolute atomic E-state index is 0.137. The van der Waals surface area contributed by atoms with Crippen molar-refractivity contribution in [3.8, 4) is 0 Å². The molecular formula is C14H22N2O. The van der Waals surface area contributed by atoms with Crippen LogP contribution in [0.1, 0.15) is 51.4 Å². The molecule has 3 aliphatic carbocycles. The molecule has 1 N–H and O–H groups in total. The quantitative estimate of drug-likeness (QED) is 0.808. The zero-order valence-electron chi connectivity index (χ0n) is 10.5. The van der Waals surface area contributed by atoms with Gasteiger partial charge in [0.2, 0.25) is 5.91 Å². The number of hydrogen-bond donors (Lipinski definition) is 1. The van der Waals surface area contributed by atoms with Gasteiger partial charge < -0.3 is 4.90 Å². The second kappa shape index (κ2) is 3.47. The Hall–Kier alpha value is -0.570. The van der Waals surface area contributed by atoms with Gasteiger partial charge >= 0.3 is 0 Å². The van der Waals surface area contributed by atoms with Crippen LogP contribution in [-0.2, 0) is 4.79 Å². The lowest BCUT2D eigenvalue weighted by molar-refractivity contribution is -0.135. The molecular weight excluding hydrogens is 212 g/mol. The van der Waals surface area contributed by atoms with Crippen molar-refractivity contribution < 1.29 is 4.79 Å². The third-order valence-electron chi connectivity index (χ3n) is 5.29. The lowest BCUT2D eigenvalue weighted by Crippen LogP contribution is -2.46. The van der Waals surface area contributed by atoms with Crippen LogP contribution in [0, 0.1) is 11.8 Å². The smallest absolute Gasteiger partial charge is 0.244 e. The molecule has 94 valence electrons. The van der Waals surface area contributed by atoms with Crippen molar-refractivity contribution in [1.29, 1.82) is 0 Å². The van der Waals surface area contributed by atoms with Crippen molar-refractivity contribution in [3.63, 3.8) is 0 Å². The Morgan fingerprint density at radius 3 is 2.24 bits per heavy atom. The van der Waals surface area contributed by atoms with E-state index in [-0.39, 0.29) is 5.54 Å². The average Bonchev–Trinajstić information content (AvgIpc) is 3.25. The Bertz CT molecular complexity index is 328. The van der Waals surface area contributed by atoms with Crippen molar-refractivity contribution in [2.75, 3.05) is 6.67 Å². The molecule has 17 heavy (non-hydrogen) atoms. The van der Waals surface area contributed by atoms with Crippen LogP contribution < -0.4 is 5.32 Å². The minimum atomic E-state index is -0.137. The summed E-state index contributed by atoms with van der Waals surface area (Å²) in [6.45, 7) is 0.830. The summed E-state index contributed by atoms with van der Waals surface area (Å²) >= 11 is 0. The highest BCUT2D eigenvalue weighted by Crippen LogP contribution is 2.49. The van der Waals surface area contributed by atoms with Crippen molar-refractivity contribution in [3.05, 3.63) is 0 Å². The Balaban J connectivity index is 1.56. The lowest BCUT2D eigenvalue weighted by Gasteiger charge is -2.29. The van der Waals surface area contributed by atoms with Gasteiger partial charge in [0.1, 0.15) is 0 Å². The fraction of sp³-hybridized carbons (Fsp3) is 0.929. The van der Waals surface area contributed by atoms with Crippen molar-refractivity contribution >= 4 is 5.91 Å². The molecule has 0 radical (unpaired) electrons. The Kier molecular flexibility index (Phi) is 2.11. The molecule has 0 bridgehead atoms. The Morgan fingerprint density at radius 1 is 1.12 bits per heavy atom. The van der Waals surface area contributed by atoms with Crippen LogP contribution in [0.3, 0.4) is 0 Å². The van der Waals surface area contributed by atoms with Gasteiger partial charge in [-0.05, 0) is 50.4 Å².